The summed E-state index contributed by atoms with van der Waals surface area (Å²) in [7, 11) is 0. The third-order valence-corrected chi connectivity index (χ3v) is 6.88. The number of rotatable bonds is 3. The summed E-state index contributed by atoms with van der Waals surface area (Å²) >= 11 is 6.21. The fraction of sp³-hybridized carbons (Fsp3) is 0.435. The molecule has 5 rings (SSSR count). The Labute approximate surface area is 175 Å². The van der Waals surface area contributed by atoms with Gasteiger partial charge in [-0.2, -0.15) is 0 Å². The van der Waals surface area contributed by atoms with Gasteiger partial charge in [-0.25, -0.2) is 0 Å². The summed E-state index contributed by atoms with van der Waals surface area (Å²) in [6.45, 7) is 2.63. The molecule has 0 aromatic heterocycles. The number of piperidine rings is 1. The molecule has 0 radical (unpaired) electrons. The molecule has 1 saturated heterocycles. The fourth-order valence-electron chi connectivity index (χ4n) is 4.53. The lowest BCUT2D eigenvalue weighted by molar-refractivity contribution is -0.231. The van der Waals surface area contributed by atoms with Gasteiger partial charge in [0.2, 0.25) is 11.7 Å². The van der Waals surface area contributed by atoms with Crippen molar-refractivity contribution in [1.82, 2.24) is 4.90 Å². The van der Waals surface area contributed by atoms with Crippen molar-refractivity contribution in [2.24, 2.45) is 5.73 Å². The van der Waals surface area contributed by atoms with Crippen molar-refractivity contribution in [2.75, 3.05) is 13.1 Å². The monoisotopic (exact) mass is 412 g/mol. The number of likely N-dealkylation sites (tertiary alicyclic amines) is 1. The van der Waals surface area contributed by atoms with E-state index in [0.717, 1.165) is 54.4 Å². The quantitative estimate of drug-likeness (QED) is 0.813. The van der Waals surface area contributed by atoms with Gasteiger partial charge in [0.25, 0.3) is 0 Å². The molecular formula is C23H25ClN2O3. The van der Waals surface area contributed by atoms with Gasteiger partial charge in [0.15, 0.2) is 0 Å². The summed E-state index contributed by atoms with van der Waals surface area (Å²) in [6, 6.07) is 12.2. The standard InChI is InChI=1S/C23H25ClN2O3/c24-20-13-16(4-6-19(20)22(25)27)15-5-7-21-17(12-15)14-28-23(29-21)8-10-26(11-9-23)18-2-1-3-18/h4-7,12-13,18H,1-3,8-11,14H2,(H2,25,27). The molecular weight excluding hydrogens is 388 g/mol. The van der Waals surface area contributed by atoms with Crippen LogP contribution < -0.4 is 10.5 Å². The Morgan fingerprint density at radius 1 is 1.10 bits per heavy atom. The first kappa shape index (κ1) is 18.9. The first-order valence-corrected chi connectivity index (χ1v) is 10.7. The predicted octanol–water partition coefficient (Wildman–Crippen LogP) is 4.36. The van der Waals surface area contributed by atoms with Crippen LogP contribution in [0.3, 0.4) is 0 Å². The Kier molecular flexibility index (Phi) is 4.77. The summed E-state index contributed by atoms with van der Waals surface area (Å²) in [4.78, 5) is 14.0. The number of amides is 1. The van der Waals surface area contributed by atoms with Gasteiger partial charge in [-0.1, -0.05) is 30.2 Å². The van der Waals surface area contributed by atoms with Gasteiger partial charge in [-0.3, -0.25) is 9.69 Å². The minimum Gasteiger partial charge on any atom is -0.462 e. The van der Waals surface area contributed by atoms with Crippen LogP contribution in [0.15, 0.2) is 36.4 Å². The Morgan fingerprint density at radius 3 is 2.48 bits per heavy atom. The van der Waals surface area contributed by atoms with Crippen LogP contribution in [0.25, 0.3) is 11.1 Å². The van der Waals surface area contributed by atoms with Crippen LogP contribution in [-0.4, -0.2) is 35.7 Å². The minimum atomic E-state index is -0.526. The van der Waals surface area contributed by atoms with Crippen LogP contribution in [-0.2, 0) is 11.3 Å². The number of fused-ring (bicyclic) bond motifs is 1. The lowest BCUT2D eigenvalue weighted by Gasteiger charge is -2.47. The Balaban J connectivity index is 1.32. The summed E-state index contributed by atoms with van der Waals surface area (Å²) in [5, 5.41) is 0.359. The maximum atomic E-state index is 11.4. The molecule has 29 heavy (non-hydrogen) atoms. The van der Waals surface area contributed by atoms with E-state index in [0.29, 0.717) is 17.2 Å². The zero-order valence-corrected chi connectivity index (χ0v) is 17.1. The topological polar surface area (TPSA) is 64.8 Å². The molecule has 2 N–H and O–H groups in total. The Morgan fingerprint density at radius 2 is 1.83 bits per heavy atom. The van der Waals surface area contributed by atoms with E-state index in [1.54, 1.807) is 12.1 Å². The molecule has 2 heterocycles. The second kappa shape index (κ2) is 7.31. The second-order valence-corrected chi connectivity index (χ2v) is 8.71. The van der Waals surface area contributed by atoms with Crippen molar-refractivity contribution in [2.45, 2.75) is 50.5 Å². The lowest BCUT2D eigenvalue weighted by Crippen LogP contribution is -2.54. The van der Waals surface area contributed by atoms with E-state index in [1.165, 1.54) is 19.3 Å². The number of hydrogen-bond acceptors (Lipinski definition) is 4. The van der Waals surface area contributed by atoms with E-state index in [1.807, 2.05) is 18.2 Å². The normalized spacial score (nSPS) is 21.3. The molecule has 152 valence electrons. The zero-order chi connectivity index (χ0) is 20.0. The first-order valence-electron chi connectivity index (χ1n) is 10.3. The predicted molar refractivity (Wildman–Crippen MR) is 112 cm³/mol. The molecule has 5 nitrogen and oxygen atoms in total. The molecule has 1 spiro atoms. The van der Waals surface area contributed by atoms with E-state index in [9.17, 15) is 4.79 Å². The van der Waals surface area contributed by atoms with Gasteiger partial charge in [0.1, 0.15) is 5.75 Å². The first-order chi connectivity index (χ1) is 14.0. The highest BCUT2D eigenvalue weighted by atomic mass is 35.5. The second-order valence-electron chi connectivity index (χ2n) is 8.30. The van der Waals surface area contributed by atoms with Gasteiger partial charge >= 0.3 is 0 Å². The highest BCUT2D eigenvalue weighted by Crippen LogP contribution is 2.40. The highest BCUT2D eigenvalue weighted by Gasteiger charge is 2.42. The van der Waals surface area contributed by atoms with Crippen molar-refractivity contribution in [3.63, 3.8) is 0 Å². The molecule has 2 aromatic carbocycles. The van der Waals surface area contributed by atoms with Crippen LogP contribution in [0.4, 0.5) is 0 Å². The van der Waals surface area contributed by atoms with Gasteiger partial charge in [0, 0.05) is 37.5 Å². The van der Waals surface area contributed by atoms with E-state index in [2.05, 4.69) is 11.0 Å². The van der Waals surface area contributed by atoms with Crippen LogP contribution in [0.2, 0.25) is 5.02 Å². The molecule has 1 saturated carbocycles. The largest absolute Gasteiger partial charge is 0.462 e. The van der Waals surface area contributed by atoms with E-state index < -0.39 is 11.7 Å². The van der Waals surface area contributed by atoms with E-state index >= 15 is 0 Å². The minimum absolute atomic E-state index is 0.329. The van der Waals surface area contributed by atoms with Gasteiger partial charge in [-0.15, -0.1) is 0 Å². The molecule has 2 fully saturated rings. The van der Waals surface area contributed by atoms with Crippen molar-refractivity contribution in [3.8, 4) is 16.9 Å². The van der Waals surface area contributed by atoms with E-state index in [-0.39, 0.29) is 0 Å². The SMILES string of the molecule is NC(=O)c1ccc(-c2ccc3c(c2)COC2(CCN(C4CCC4)CC2)O3)cc1Cl. The maximum absolute atomic E-state index is 11.4. The molecule has 2 aromatic rings. The number of carbonyl (C=O) groups is 1. The number of benzene rings is 2. The number of halogens is 1. The van der Waals surface area contributed by atoms with Crippen LogP contribution in [0, 0.1) is 0 Å². The molecule has 0 atom stereocenters. The summed E-state index contributed by atoms with van der Waals surface area (Å²) in [5.74, 6) is -0.110. The number of nitrogens with zero attached hydrogens (tertiary/aromatic N) is 1. The Hall–Kier alpha value is -2.08. The van der Waals surface area contributed by atoms with Crippen molar-refractivity contribution >= 4 is 17.5 Å². The number of carbonyl (C=O) groups excluding carboxylic acids is 1. The average Bonchev–Trinajstić information content (AvgIpc) is 2.68. The summed E-state index contributed by atoms with van der Waals surface area (Å²) in [5.41, 5.74) is 8.63. The van der Waals surface area contributed by atoms with Gasteiger partial charge in [-0.05, 0) is 48.2 Å². The Bertz CT molecular complexity index is 949. The van der Waals surface area contributed by atoms with Crippen LogP contribution in [0.1, 0.15) is 48.0 Å². The molecule has 1 aliphatic carbocycles. The van der Waals surface area contributed by atoms with E-state index in [4.69, 9.17) is 26.8 Å². The molecule has 2 aliphatic heterocycles. The summed E-state index contributed by atoms with van der Waals surface area (Å²) < 4.78 is 12.6. The highest BCUT2D eigenvalue weighted by molar-refractivity contribution is 6.34. The molecule has 6 heteroatoms. The number of nitrogens with two attached hydrogens (primary N) is 1. The van der Waals surface area contributed by atoms with Crippen LogP contribution in [0.5, 0.6) is 5.75 Å². The van der Waals surface area contributed by atoms with Crippen molar-refractivity contribution in [1.29, 1.82) is 0 Å². The van der Waals surface area contributed by atoms with Gasteiger partial charge < -0.3 is 15.2 Å². The lowest BCUT2D eigenvalue weighted by atomic mass is 9.89. The molecule has 3 aliphatic rings. The van der Waals surface area contributed by atoms with Crippen molar-refractivity contribution in [3.05, 3.63) is 52.5 Å². The average molecular weight is 413 g/mol. The third-order valence-electron chi connectivity index (χ3n) is 6.57. The smallest absolute Gasteiger partial charge is 0.250 e. The van der Waals surface area contributed by atoms with Crippen molar-refractivity contribution < 1.29 is 14.3 Å². The number of ether oxygens (including phenoxy) is 2. The van der Waals surface area contributed by atoms with Crippen LogP contribution >= 0.6 is 11.6 Å². The summed E-state index contributed by atoms with van der Waals surface area (Å²) in [6.07, 6.45) is 5.87. The number of primary amides is 1. The zero-order valence-electron chi connectivity index (χ0n) is 16.3. The van der Waals surface area contributed by atoms with Gasteiger partial charge in [0.05, 0.1) is 17.2 Å². The fourth-order valence-corrected chi connectivity index (χ4v) is 4.81. The third kappa shape index (κ3) is 3.52. The maximum Gasteiger partial charge on any atom is 0.250 e. The molecule has 1 amide bonds. The molecule has 0 unspecified atom stereocenters. The molecule has 0 bridgehead atoms. The number of hydrogen-bond donors (Lipinski definition) is 1.